The first-order chi connectivity index (χ1) is 9.16. The van der Waals surface area contributed by atoms with Crippen LogP contribution in [0, 0.1) is 5.92 Å². The lowest BCUT2D eigenvalue weighted by molar-refractivity contribution is 0.0905. The van der Waals surface area contributed by atoms with E-state index >= 15 is 0 Å². The molecule has 0 saturated carbocycles. The Morgan fingerprint density at radius 1 is 1.42 bits per heavy atom. The summed E-state index contributed by atoms with van der Waals surface area (Å²) in [6.07, 6.45) is 5.21. The first-order valence-electron chi connectivity index (χ1n) is 7.22. The minimum Gasteiger partial charge on any atom is -0.459 e. The third-order valence-electron chi connectivity index (χ3n) is 3.64. The molecule has 1 aliphatic heterocycles. The maximum atomic E-state index is 11.9. The van der Waals surface area contributed by atoms with Gasteiger partial charge in [-0.25, -0.2) is 0 Å². The second-order valence-corrected chi connectivity index (χ2v) is 5.71. The third-order valence-corrected chi connectivity index (χ3v) is 3.64. The van der Waals surface area contributed by atoms with E-state index in [9.17, 15) is 4.79 Å². The van der Waals surface area contributed by atoms with Crippen LogP contribution in [-0.4, -0.2) is 36.5 Å². The van der Waals surface area contributed by atoms with Gasteiger partial charge in [-0.3, -0.25) is 9.69 Å². The first kappa shape index (κ1) is 14.1. The lowest BCUT2D eigenvalue weighted by Crippen LogP contribution is -2.43. The van der Waals surface area contributed by atoms with E-state index in [1.807, 2.05) is 0 Å². The number of carbonyl (C=O) groups is 1. The summed E-state index contributed by atoms with van der Waals surface area (Å²) in [4.78, 5) is 14.4. The summed E-state index contributed by atoms with van der Waals surface area (Å²) < 4.78 is 5.11. The lowest BCUT2D eigenvalue weighted by atomic mass is 10.0. The van der Waals surface area contributed by atoms with E-state index in [1.165, 1.54) is 19.1 Å². The molecule has 0 aromatic carbocycles. The Kier molecular flexibility index (Phi) is 5.02. The molecule has 1 amide bonds. The van der Waals surface area contributed by atoms with Gasteiger partial charge in [0.05, 0.1) is 6.26 Å². The molecular formula is C15H24N2O2. The molecule has 1 aromatic heterocycles. The zero-order valence-corrected chi connectivity index (χ0v) is 11.9. The van der Waals surface area contributed by atoms with Crippen molar-refractivity contribution in [2.45, 2.75) is 39.2 Å². The van der Waals surface area contributed by atoms with E-state index in [1.54, 1.807) is 12.1 Å². The van der Waals surface area contributed by atoms with E-state index in [-0.39, 0.29) is 5.91 Å². The zero-order chi connectivity index (χ0) is 13.7. The zero-order valence-electron chi connectivity index (χ0n) is 11.9. The van der Waals surface area contributed by atoms with Crippen molar-refractivity contribution in [1.29, 1.82) is 0 Å². The maximum absolute atomic E-state index is 11.9. The van der Waals surface area contributed by atoms with Gasteiger partial charge in [-0.2, -0.15) is 0 Å². The van der Waals surface area contributed by atoms with Crippen LogP contribution < -0.4 is 5.32 Å². The molecule has 1 N–H and O–H groups in total. The predicted molar refractivity (Wildman–Crippen MR) is 75.1 cm³/mol. The number of carbonyl (C=O) groups excluding carboxylic acids is 1. The average Bonchev–Trinajstić information content (AvgIpc) is 3.04. The summed E-state index contributed by atoms with van der Waals surface area (Å²) in [5, 5.41) is 2.99. The first-order valence-corrected chi connectivity index (χ1v) is 7.22. The van der Waals surface area contributed by atoms with E-state index in [0.29, 0.717) is 24.3 Å². The highest BCUT2D eigenvalue weighted by Gasteiger charge is 2.23. The minimum atomic E-state index is -0.113. The number of rotatable bonds is 6. The fourth-order valence-corrected chi connectivity index (χ4v) is 2.72. The highest BCUT2D eigenvalue weighted by Crippen LogP contribution is 2.17. The van der Waals surface area contributed by atoms with Gasteiger partial charge < -0.3 is 9.73 Å². The molecule has 1 aromatic rings. The van der Waals surface area contributed by atoms with Crippen LogP contribution in [0.15, 0.2) is 22.8 Å². The molecule has 1 atom stereocenters. The van der Waals surface area contributed by atoms with Gasteiger partial charge in [0.1, 0.15) is 0 Å². The van der Waals surface area contributed by atoms with Crippen molar-refractivity contribution in [3.8, 4) is 0 Å². The highest BCUT2D eigenvalue weighted by molar-refractivity contribution is 5.91. The van der Waals surface area contributed by atoms with Gasteiger partial charge >= 0.3 is 0 Å². The smallest absolute Gasteiger partial charge is 0.287 e. The standard InChI is InChI=1S/C15H24N2O2/c1-12(2)10-13(17-7-3-4-8-17)11-16-15(18)14-6-5-9-19-14/h5-6,9,12-13H,3-4,7-8,10-11H2,1-2H3,(H,16,18). The van der Waals surface area contributed by atoms with E-state index < -0.39 is 0 Å². The lowest BCUT2D eigenvalue weighted by Gasteiger charge is -2.29. The Bertz CT molecular complexity index is 381. The van der Waals surface area contributed by atoms with Crippen LogP contribution in [0.4, 0.5) is 0 Å². The summed E-state index contributed by atoms with van der Waals surface area (Å²) >= 11 is 0. The van der Waals surface area contributed by atoms with Crippen LogP contribution in [0.25, 0.3) is 0 Å². The highest BCUT2D eigenvalue weighted by atomic mass is 16.3. The average molecular weight is 264 g/mol. The van der Waals surface area contributed by atoms with Crippen LogP contribution in [0.1, 0.15) is 43.7 Å². The molecule has 1 aliphatic rings. The molecular weight excluding hydrogens is 240 g/mol. The Hall–Kier alpha value is -1.29. The van der Waals surface area contributed by atoms with Crippen molar-refractivity contribution in [2.75, 3.05) is 19.6 Å². The Balaban J connectivity index is 1.86. The van der Waals surface area contributed by atoms with Crippen LogP contribution >= 0.6 is 0 Å². The van der Waals surface area contributed by atoms with E-state index in [2.05, 4.69) is 24.1 Å². The number of likely N-dealkylation sites (tertiary alicyclic amines) is 1. The summed E-state index contributed by atoms with van der Waals surface area (Å²) in [6.45, 7) is 7.49. The van der Waals surface area contributed by atoms with Crippen LogP contribution in [0.3, 0.4) is 0 Å². The van der Waals surface area contributed by atoms with Crippen molar-refractivity contribution in [3.05, 3.63) is 24.2 Å². The van der Waals surface area contributed by atoms with Crippen LogP contribution in [0.5, 0.6) is 0 Å². The summed E-state index contributed by atoms with van der Waals surface area (Å²) in [5.74, 6) is 0.925. The summed E-state index contributed by atoms with van der Waals surface area (Å²) in [5.41, 5.74) is 0. The van der Waals surface area contributed by atoms with Crippen molar-refractivity contribution < 1.29 is 9.21 Å². The van der Waals surface area contributed by atoms with Crippen molar-refractivity contribution in [3.63, 3.8) is 0 Å². The van der Waals surface area contributed by atoms with Gasteiger partial charge in [0.25, 0.3) is 5.91 Å². The molecule has 0 bridgehead atoms. The topological polar surface area (TPSA) is 45.5 Å². The maximum Gasteiger partial charge on any atom is 0.287 e. The van der Waals surface area contributed by atoms with Gasteiger partial charge in [-0.15, -0.1) is 0 Å². The predicted octanol–water partition coefficient (Wildman–Crippen LogP) is 2.52. The number of hydrogen-bond acceptors (Lipinski definition) is 3. The molecule has 2 heterocycles. The second kappa shape index (κ2) is 6.75. The molecule has 0 aliphatic carbocycles. The van der Waals surface area contributed by atoms with Crippen LogP contribution in [-0.2, 0) is 0 Å². The second-order valence-electron chi connectivity index (χ2n) is 5.71. The number of amides is 1. The quantitative estimate of drug-likeness (QED) is 0.858. The largest absolute Gasteiger partial charge is 0.459 e. The van der Waals surface area contributed by atoms with Gasteiger partial charge in [0, 0.05) is 12.6 Å². The number of nitrogens with one attached hydrogen (secondary N) is 1. The van der Waals surface area contributed by atoms with Crippen LogP contribution in [0.2, 0.25) is 0 Å². The molecule has 1 fully saturated rings. The fourth-order valence-electron chi connectivity index (χ4n) is 2.72. The SMILES string of the molecule is CC(C)CC(CNC(=O)c1ccco1)N1CCCC1. The molecule has 0 radical (unpaired) electrons. The summed E-state index contributed by atoms with van der Waals surface area (Å²) in [6, 6.07) is 3.88. The molecule has 2 rings (SSSR count). The normalized spacial score (nSPS) is 17.8. The van der Waals surface area contributed by atoms with Gasteiger partial charge in [0.15, 0.2) is 5.76 Å². The molecule has 1 saturated heterocycles. The molecule has 1 unspecified atom stereocenters. The van der Waals surface area contributed by atoms with Crippen molar-refractivity contribution in [2.24, 2.45) is 5.92 Å². The fraction of sp³-hybridized carbons (Fsp3) is 0.667. The molecule has 0 spiro atoms. The van der Waals surface area contributed by atoms with E-state index in [4.69, 9.17) is 4.42 Å². The molecule has 106 valence electrons. The van der Waals surface area contributed by atoms with Gasteiger partial charge in [-0.1, -0.05) is 13.8 Å². The van der Waals surface area contributed by atoms with Crippen molar-refractivity contribution in [1.82, 2.24) is 10.2 Å². The number of furan rings is 1. The van der Waals surface area contributed by atoms with Gasteiger partial charge in [0.2, 0.25) is 0 Å². The Labute approximate surface area is 115 Å². The summed E-state index contributed by atoms with van der Waals surface area (Å²) in [7, 11) is 0. The molecule has 4 nitrogen and oxygen atoms in total. The van der Waals surface area contributed by atoms with Crippen molar-refractivity contribution >= 4 is 5.91 Å². The monoisotopic (exact) mass is 264 g/mol. The molecule has 19 heavy (non-hydrogen) atoms. The minimum absolute atomic E-state index is 0.113. The number of nitrogens with zero attached hydrogens (tertiary/aromatic N) is 1. The Morgan fingerprint density at radius 2 is 2.16 bits per heavy atom. The Morgan fingerprint density at radius 3 is 2.74 bits per heavy atom. The molecule has 4 heteroatoms. The van der Waals surface area contributed by atoms with Gasteiger partial charge in [-0.05, 0) is 50.4 Å². The number of hydrogen-bond donors (Lipinski definition) is 1. The van der Waals surface area contributed by atoms with E-state index in [0.717, 1.165) is 19.5 Å². The third kappa shape index (κ3) is 4.10.